The van der Waals surface area contributed by atoms with E-state index in [0.29, 0.717) is 0 Å². The monoisotopic (exact) mass is 842 g/mol. The molecule has 2 aliphatic heterocycles. The summed E-state index contributed by atoms with van der Waals surface area (Å²) in [4.78, 5) is 2.71. The molecule has 0 N–H and O–H groups in total. The van der Waals surface area contributed by atoms with Gasteiger partial charge in [-0.1, -0.05) is 134 Å². The van der Waals surface area contributed by atoms with Gasteiger partial charge in [0.05, 0.1) is 16.4 Å². The van der Waals surface area contributed by atoms with Crippen LogP contribution in [0.1, 0.15) is 77.6 Å². The van der Waals surface area contributed by atoms with Gasteiger partial charge >= 0.3 is 6.85 Å². The number of fused-ring (bicyclic) bond motifs is 18. The maximum atomic E-state index is 6.89. The van der Waals surface area contributed by atoms with Gasteiger partial charge < -0.3 is 13.8 Å². The van der Waals surface area contributed by atoms with E-state index in [0.717, 1.165) is 21.9 Å². The maximum absolute atomic E-state index is 6.89. The normalized spacial score (nSPS) is 14.9. The standard InChI is InChI=1S/C59H47BN2OS/c1-57(2,3)32-17-20-34(21-18-32)62-48-30-45-41(40-27-33(58(4,5)6)19-25-44(40)59(45,7)8)28-42(48)37-22-23-39-53-47(26-24-38-35-13-9-11-15-50(35)63-56(38)53)61-49-29-43-36-14-10-12-16-51(36)64-52(43)31-46(49)60(62)54(37)55(39)61/h9-31H,1-8H3. The number of furan rings is 1. The Kier molecular flexibility index (Phi) is 6.89. The second kappa shape index (κ2) is 12.0. The summed E-state index contributed by atoms with van der Waals surface area (Å²) in [6.45, 7) is 18.7. The van der Waals surface area contributed by atoms with Crippen molar-refractivity contribution >= 4 is 104 Å². The fourth-order valence-corrected chi connectivity index (χ4v) is 13.1. The molecule has 3 aliphatic rings. The third-order valence-electron chi connectivity index (χ3n) is 15.3. The highest BCUT2D eigenvalue weighted by molar-refractivity contribution is 7.26. The Labute approximate surface area is 377 Å². The van der Waals surface area contributed by atoms with Gasteiger partial charge in [-0.25, -0.2) is 0 Å². The van der Waals surface area contributed by atoms with Crippen molar-refractivity contribution in [2.45, 2.75) is 71.6 Å². The van der Waals surface area contributed by atoms with Crippen molar-refractivity contribution in [2.75, 3.05) is 4.81 Å². The van der Waals surface area contributed by atoms with Crippen molar-refractivity contribution in [1.29, 1.82) is 0 Å². The number of hydrogen-bond donors (Lipinski definition) is 0. The molecule has 0 saturated heterocycles. The predicted octanol–water partition coefficient (Wildman–Crippen LogP) is 15.2. The number of rotatable bonds is 1. The summed E-state index contributed by atoms with van der Waals surface area (Å²) in [7, 11) is 0. The van der Waals surface area contributed by atoms with Crippen LogP contribution in [0.25, 0.3) is 91.9 Å². The number of benzene rings is 8. The molecule has 64 heavy (non-hydrogen) atoms. The molecule has 1 aliphatic carbocycles. The van der Waals surface area contributed by atoms with E-state index in [4.69, 9.17) is 4.42 Å². The quantitative estimate of drug-likeness (QED) is 0.154. The first kappa shape index (κ1) is 36.9. The van der Waals surface area contributed by atoms with Crippen LogP contribution in [0.15, 0.2) is 144 Å². The van der Waals surface area contributed by atoms with E-state index >= 15 is 0 Å². The van der Waals surface area contributed by atoms with Gasteiger partial charge in [-0.05, 0) is 121 Å². The first-order valence-corrected chi connectivity index (χ1v) is 23.7. The number of para-hydroxylation sites is 1. The van der Waals surface area contributed by atoms with Gasteiger partial charge in [0.2, 0.25) is 0 Å². The molecule has 11 aromatic rings. The maximum Gasteiger partial charge on any atom is 0.333 e. The Balaban J connectivity index is 1.15. The lowest BCUT2D eigenvalue weighted by Gasteiger charge is -2.42. The summed E-state index contributed by atoms with van der Waals surface area (Å²) in [5.74, 6) is 0. The first-order valence-electron chi connectivity index (χ1n) is 22.9. The zero-order valence-corrected chi connectivity index (χ0v) is 38.4. The lowest BCUT2D eigenvalue weighted by Crippen LogP contribution is -2.60. The van der Waals surface area contributed by atoms with Crippen LogP contribution in [-0.2, 0) is 16.2 Å². The second-order valence-corrected chi connectivity index (χ2v) is 22.4. The van der Waals surface area contributed by atoms with Crippen molar-refractivity contribution in [3.8, 4) is 27.9 Å². The Morgan fingerprint density at radius 2 is 1.27 bits per heavy atom. The molecule has 308 valence electrons. The van der Waals surface area contributed by atoms with Crippen LogP contribution in [0.5, 0.6) is 0 Å². The van der Waals surface area contributed by atoms with Crippen molar-refractivity contribution in [3.63, 3.8) is 0 Å². The number of nitrogens with zero attached hydrogens (tertiary/aromatic N) is 2. The van der Waals surface area contributed by atoms with Crippen molar-refractivity contribution in [1.82, 2.24) is 4.57 Å². The molecule has 0 amide bonds. The molecule has 0 fully saturated rings. The lowest BCUT2D eigenvalue weighted by molar-refractivity contribution is 0.589. The molecule has 5 heteroatoms. The minimum Gasteiger partial charge on any atom is -0.455 e. The molecule has 0 spiro atoms. The average molecular weight is 843 g/mol. The van der Waals surface area contributed by atoms with Gasteiger partial charge in [0.1, 0.15) is 11.2 Å². The molecule has 0 atom stereocenters. The summed E-state index contributed by atoms with van der Waals surface area (Å²) in [6.07, 6.45) is 0. The van der Waals surface area contributed by atoms with E-state index in [-0.39, 0.29) is 23.1 Å². The third-order valence-corrected chi connectivity index (χ3v) is 16.4. The Morgan fingerprint density at radius 3 is 2.06 bits per heavy atom. The molecule has 0 unspecified atom stereocenters. The molecular weight excluding hydrogens is 796 g/mol. The molecule has 0 saturated carbocycles. The highest BCUT2D eigenvalue weighted by atomic mass is 32.1. The van der Waals surface area contributed by atoms with E-state index in [2.05, 4.69) is 204 Å². The van der Waals surface area contributed by atoms with Crippen molar-refractivity contribution in [3.05, 3.63) is 162 Å². The SMILES string of the molecule is CC(C)(C)c1ccc(N2B3c4cc5sc6ccccc6c5cc4-n4c5ccc6c7ccccc7oc6c5c5ccc(c3c54)-c3cc4c(cc32)C(C)(C)c2ccc(C(C)(C)C)cc2-4)cc1. The van der Waals surface area contributed by atoms with Crippen LogP contribution in [-0.4, -0.2) is 11.4 Å². The molecule has 8 aromatic carbocycles. The fourth-order valence-electron chi connectivity index (χ4n) is 12.0. The average Bonchev–Trinajstić information content (AvgIpc) is 4.00. The minimum absolute atomic E-state index is 0.0345. The first-order chi connectivity index (χ1) is 30.8. The zero-order chi connectivity index (χ0) is 43.3. The highest BCUT2D eigenvalue weighted by Crippen LogP contribution is 2.55. The van der Waals surface area contributed by atoms with Gasteiger partial charge in [-0.2, -0.15) is 0 Å². The van der Waals surface area contributed by atoms with Crippen molar-refractivity contribution < 1.29 is 4.42 Å². The smallest absolute Gasteiger partial charge is 0.333 e. The highest BCUT2D eigenvalue weighted by Gasteiger charge is 2.46. The van der Waals surface area contributed by atoms with Crippen LogP contribution in [0, 0.1) is 0 Å². The van der Waals surface area contributed by atoms with E-state index in [1.54, 1.807) is 0 Å². The molecule has 0 bridgehead atoms. The third kappa shape index (κ3) is 4.63. The Morgan fingerprint density at radius 1 is 0.547 bits per heavy atom. The summed E-state index contributed by atoms with van der Waals surface area (Å²) >= 11 is 1.91. The molecule has 3 nitrogen and oxygen atoms in total. The van der Waals surface area contributed by atoms with Gasteiger partial charge in [-0.15, -0.1) is 11.3 Å². The number of thiophene rings is 1. The summed E-state index contributed by atoms with van der Waals surface area (Å²) in [5, 5.41) is 7.35. The van der Waals surface area contributed by atoms with E-state index < -0.39 is 0 Å². The van der Waals surface area contributed by atoms with Crippen molar-refractivity contribution in [2.24, 2.45) is 0 Å². The number of hydrogen-bond acceptors (Lipinski definition) is 3. The van der Waals surface area contributed by atoms with Gasteiger partial charge in [0.25, 0.3) is 0 Å². The number of aromatic nitrogens is 1. The van der Waals surface area contributed by atoms with Gasteiger partial charge in [-0.3, -0.25) is 0 Å². The summed E-state index contributed by atoms with van der Waals surface area (Å²) in [5.41, 5.74) is 21.5. The Hall–Kier alpha value is -6.56. The van der Waals surface area contributed by atoms with Crippen LogP contribution < -0.4 is 15.7 Å². The second-order valence-electron chi connectivity index (χ2n) is 21.3. The lowest BCUT2D eigenvalue weighted by atomic mass is 9.44. The molecule has 3 aromatic heterocycles. The number of anilines is 2. The van der Waals surface area contributed by atoms with Crippen LogP contribution in [0.4, 0.5) is 11.4 Å². The topological polar surface area (TPSA) is 21.3 Å². The van der Waals surface area contributed by atoms with Crippen LogP contribution >= 0.6 is 11.3 Å². The summed E-state index contributed by atoms with van der Waals surface area (Å²) < 4.78 is 12.1. The molecular formula is C59H47BN2OS. The zero-order valence-electron chi connectivity index (χ0n) is 37.6. The van der Waals surface area contributed by atoms with Gasteiger partial charge in [0, 0.05) is 64.4 Å². The molecule has 14 rings (SSSR count). The van der Waals surface area contributed by atoms with Crippen LogP contribution in [0.2, 0.25) is 0 Å². The largest absolute Gasteiger partial charge is 0.455 e. The van der Waals surface area contributed by atoms with Crippen LogP contribution in [0.3, 0.4) is 0 Å². The predicted molar refractivity (Wildman–Crippen MR) is 275 cm³/mol. The summed E-state index contributed by atoms with van der Waals surface area (Å²) in [6, 6.07) is 53.8. The Bertz CT molecular complexity index is 3900. The molecule has 5 heterocycles. The van der Waals surface area contributed by atoms with E-state index in [1.165, 1.54) is 114 Å². The minimum atomic E-state index is -0.166. The van der Waals surface area contributed by atoms with Gasteiger partial charge in [0.15, 0.2) is 0 Å². The van der Waals surface area contributed by atoms with E-state index in [1.807, 2.05) is 11.3 Å². The fraction of sp³-hybridized carbons (Fsp3) is 0.186. The van der Waals surface area contributed by atoms with E-state index in [9.17, 15) is 0 Å². The molecule has 0 radical (unpaired) electrons.